The summed E-state index contributed by atoms with van der Waals surface area (Å²) in [6.45, 7) is 3.55. The first-order valence-electron chi connectivity index (χ1n) is 18.9. The highest BCUT2D eigenvalue weighted by Crippen LogP contribution is 2.42. The van der Waals surface area contributed by atoms with Crippen LogP contribution in [0.2, 0.25) is 0 Å². The van der Waals surface area contributed by atoms with Crippen LogP contribution in [0.5, 0.6) is 0 Å². The van der Waals surface area contributed by atoms with Gasteiger partial charge in [-0.15, -0.1) is 0 Å². The fourth-order valence-electron chi connectivity index (χ4n) is 4.48. The number of ether oxygens (including phenoxy) is 2. The molecule has 0 aromatic rings. The van der Waals surface area contributed by atoms with Crippen LogP contribution in [0, 0.1) is 0 Å². The summed E-state index contributed by atoms with van der Waals surface area (Å²) >= 11 is 0. The minimum Gasteiger partial charge on any atom is -0.462 e. The van der Waals surface area contributed by atoms with Gasteiger partial charge in [-0.05, 0) is 77.0 Å². The van der Waals surface area contributed by atoms with Crippen molar-refractivity contribution >= 4 is 19.8 Å². The predicted octanol–water partition coefficient (Wildman–Crippen LogP) is 11.7. The van der Waals surface area contributed by atoms with E-state index < -0.39 is 32.5 Å². The molecule has 0 aromatic heterocycles. The van der Waals surface area contributed by atoms with Gasteiger partial charge in [-0.25, -0.2) is 4.57 Å². The van der Waals surface area contributed by atoms with Gasteiger partial charge < -0.3 is 14.4 Å². The zero-order valence-electron chi connectivity index (χ0n) is 31.7. The van der Waals surface area contributed by atoms with Gasteiger partial charge >= 0.3 is 19.8 Å². The second-order valence-corrected chi connectivity index (χ2v) is 13.5. The Kier molecular flexibility index (Phi) is 34.6. The van der Waals surface area contributed by atoms with Crippen LogP contribution in [0.1, 0.15) is 129 Å². The predicted molar refractivity (Wildman–Crippen MR) is 211 cm³/mol. The Balaban J connectivity index is 4.19. The SMILES string of the molecule is CC/C=C\C/C=C\C/C=C\C/C=C\CCCCCCCCC(=O)OC(COC(=O)CC/C=C\C/C=C\C/C=C\C/C=C\CC)COP(=O)(O)OC. The Morgan fingerprint density at radius 3 is 1.47 bits per heavy atom. The second-order valence-electron chi connectivity index (χ2n) is 11.9. The number of carbonyl (C=O) groups excluding carboxylic acids is 2. The quantitative estimate of drug-likeness (QED) is 0.0308. The summed E-state index contributed by atoms with van der Waals surface area (Å²) in [5.41, 5.74) is 0. The third-order valence-corrected chi connectivity index (χ3v) is 8.27. The van der Waals surface area contributed by atoms with Crippen molar-refractivity contribution in [1.29, 1.82) is 0 Å². The lowest BCUT2D eigenvalue weighted by Gasteiger charge is -2.19. The van der Waals surface area contributed by atoms with Crippen LogP contribution >= 0.6 is 7.82 Å². The molecule has 0 rings (SSSR count). The van der Waals surface area contributed by atoms with Crippen LogP contribution in [0.3, 0.4) is 0 Å². The molecular formula is C42H67O8P. The van der Waals surface area contributed by atoms with Gasteiger partial charge in [-0.3, -0.25) is 18.6 Å². The van der Waals surface area contributed by atoms with Crippen molar-refractivity contribution in [3.8, 4) is 0 Å². The molecule has 2 atom stereocenters. The highest BCUT2D eigenvalue weighted by Gasteiger charge is 2.24. The maximum absolute atomic E-state index is 12.5. The van der Waals surface area contributed by atoms with Crippen molar-refractivity contribution in [2.24, 2.45) is 0 Å². The molecule has 8 nitrogen and oxygen atoms in total. The lowest BCUT2D eigenvalue weighted by molar-refractivity contribution is -0.161. The Bertz CT molecular complexity index is 1150. The average Bonchev–Trinajstić information content (AvgIpc) is 3.12. The van der Waals surface area contributed by atoms with Crippen molar-refractivity contribution in [3.05, 3.63) is 97.2 Å². The Hall–Kier alpha value is -3.03. The Morgan fingerprint density at radius 1 is 0.549 bits per heavy atom. The van der Waals surface area contributed by atoms with Crippen LogP contribution in [-0.4, -0.2) is 43.3 Å². The lowest BCUT2D eigenvalue weighted by Crippen LogP contribution is -2.29. The summed E-state index contributed by atoms with van der Waals surface area (Å²) in [6, 6.07) is 0. The maximum atomic E-state index is 12.5. The van der Waals surface area contributed by atoms with Gasteiger partial charge in [0.05, 0.1) is 6.61 Å². The van der Waals surface area contributed by atoms with E-state index in [1.807, 2.05) is 12.2 Å². The number of phosphoric ester groups is 1. The zero-order chi connectivity index (χ0) is 37.5. The summed E-state index contributed by atoms with van der Waals surface area (Å²) in [4.78, 5) is 34.3. The molecule has 0 aliphatic heterocycles. The largest absolute Gasteiger partial charge is 0.472 e. The third kappa shape index (κ3) is 36.6. The van der Waals surface area contributed by atoms with Gasteiger partial charge in [-0.1, -0.05) is 137 Å². The number of unbranched alkanes of at least 4 members (excludes halogenated alkanes) is 6. The van der Waals surface area contributed by atoms with E-state index in [2.05, 4.69) is 103 Å². The normalized spacial score (nSPS) is 14.5. The molecule has 2 unspecified atom stereocenters. The molecule has 1 N–H and O–H groups in total. The monoisotopic (exact) mass is 730 g/mol. The number of esters is 2. The highest BCUT2D eigenvalue weighted by atomic mass is 31.2. The molecule has 0 heterocycles. The van der Waals surface area contributed by atoms with E-state index in [4.69, 9.17) is 14.0 Å². The maximum Gasteiger partial charge on any atom is 0.472 e. The van der Waals surface area contributed by atoms with Gasteiger partial charge in [0.1, 0.15) is 6.61 Å². The fourth-order valence-corrected chi connectivity index (χ4v) is 4.94. The molecule has 0 amide bonds. The van der Waals surface area contributed by atoms with Crippen molar-refractivity contribution in [2.75, 3.05) is 20.3 Å². The molecule has 0 saturated heterocycles. The molecule has 0 bridgehead atoms. The van der Waals surface area contributed by atoms with Crippen molar-refractivity contribution in [3.63, 3.8) is 0 Å². The molecule has 0 aromatic carbocycles. The van der Waals surface area contributed by atoms with Crippen molar-refractivity contribution in [1.82, 2.24) is 0 Å². The Morgan fingerprint density at radius 2 is 0.980 bits per heavy atom. The molecular weight excluding hydrogens is 663 g/mol. The summed E-state index contributed by atoms with van der Waals surface area (Å²) in [6.07, 6.45) is 49.0. The van der Waals surface area contributed by atoms with Crippen LogP contribution in [0.4, 0.5) is 0 Å². The van der Waals surface area contributed by atoms with Crippen molar-refractivity contribution in [2.45, 2.75) is 136 Å². The van der Waals surface area contributed by atoms with E-state index in [-0.39, 0.29) is 19.4 Å². The van der Waals surface area contributed by atoms with Crippen LogP contribution in [0.15, 0.2) is 97.2 Å². The number of rotatable bonds is 33. The van der Waals surface area contributed by atoms with E-state index in [0.29, 0.717) is 12.8 Å². The van der Waals surface area contributed by atoms with E-state index >= 15 is 0 Å². The molecule has 9 heteroatoms. The third-order valence-electron chi connectivity index (χ3n) is 7.34. The molecule has 0 radical (unpaired) electrons. The first-order chi connectivity index (χ1) is 24.8. The van der Waals surface area contributed by atoms with Crippen LogP contribution in [-0.2, 0) is 32.7 Å². The van der Waals surface area contributed by atoms with Gasteiger partial charge in [-0.2, -0.15) is 0 Å². The second kappa shape index (κ2) is 36.8. The first-order valence-corrected chi connectivity index (χ1v) is 20.4. The molecule has 0 fully saturated rings. The average molecular weight is 731 g/mol. The summed E-state index contributed by atoms with van der Waals surface area (Å²) in [7, 11) is -3.24. The topological polar surface area (TPSA) is 108 Å². The number of allylic oxidation sites excluding steroid dienone is 16. The molecule has 288 valence electrons. The summed E-state index contributed by atoms with van der Waals surface area (Å²) in [5, 5.41) is 0. The van der Waals surface area contributed by atoms with E-state index in [1.54, 1.807) is 0 Å². The lowest BCUT2D eigenvalue weighted by atomic mass is 10.1. The zero-order valence-corrected chi connectivity index (χ0v) is 32.6. The van der Waals surface area contributed by atoms with Crippen LogP contribution in [0.25, 0.3) is 0 Å². The number of phosphoric acid groups is 1. The van der Waals surface area contributed by atoms with Crippen LogP contribution < -0.4 is 0 Å². The molecule has 0 spiro atoms. The van der Waals surface area contributed by atoms with E-state index in [1.165, 1.54) is 0 Å². The summed E-state index contributed by atoms with van der Waals surface area (Å²) in [5.74, 6) is -0.927. The van der Waals surface area contributed by atoms with Crippen molar-refractivity contribution < 1.29 is 37.6 Å². The smallest absolute Gasteiger partial charge is 0.462 e. The van der Waals surface area contributed by atoms with Gasteiger partial charge in [0.2, 0.25) is 0 Å². The first kappa shape index (κ1) is 48.0. The van der Waals surface area contributed by atoms with Gasteiger partial charge in [0, 0.05) is 20.0 Å². The molecule has 51 heavy (non-hydrogen) atoms. The highest BCUT2D eigenvalue weighted by molar-refractivity contribution is 7.47. The Labute approximate surface area is 309 Å². The summed E-state index contributed by atoms with van der Waals surface area (Å²) < 4.78 is 31.8. The van der Waals surface area contributed by atoms with Gasteiger partial charge in [0.15, 0.2) is 6.10 Å². The van der Waals surface area contributed by atoms with Gasteiger partial charge in [0.25, 0.3) is 0 Å². The van der Waals surface area contributed by atoms with E-state index in [9.17, 15) is 19.0 Å². The number of hydrogen-bond donors (Lipinski definition) is 1. The fraction of sp³-hybridized carbons (Fsp3) is 0.571. The number of hydrogen-bond acceptors (Lipinski definition) is 7. The molecule has 0 saturated carbocycles. The molecule has 0 aliphatic rings. The molecule has 0 aliphatic carbocycles. The minimum atomic E-state index is -4.28. The number of carbonyl (C=O) groups is 2. The van der Waals surface area contributed by atoms with E-state index in [0.717, 1.165) is 97.0 Å². The minimum absolute atomic E-state index is 0.162. The standard InChI is InChI=1S/C42H67O8P/c1-4-6-8-10-12-14-16-18-19-20-21-22-23-25-27-29-31-33-35-37-42(44)50-40(39-49-51(45,46)47-3)38-48-41(43)36-34-32-30-28-26-24-17-15-13-11-9-7-5-2/h6-9,12-15,18-19,21-22,24,26,30,32,40H,4-5,10-11,16-17,20,23,25,27-29,31,33-39H2,1-3H3,(H,45,46)/b8-6-,9-7-,14-12-,15-13-,19-18-,22-21-,26-24-,32-30-.